The van der Waals surface area contributed by atoms with E-state index in [-0.39, 0.29) is 6.54 Å². The molecule has 108 valence electrons. The van der Waals surface area contributed by atoms with Gasteiger partial charge in [0.05, 0.1) is 6.10 Å². The molecule has 5 heteroatoms. The molecule has 0 radical (unpaired) electrons. The highest BCUT2D eigenvalue weighted by atomic mass is 32.1. The SMILES string of the molecule is CCc1ccc(C(O)C(CN)c2cc(F)cc(F)c2)s1. The normalized spacial score (nSPS) is 14.2. The molecule has 2 nitrogen and oxygen atoms in total. The van der Waals surface area contributed by atoms with Crippen molar-refractivity contribution in [3.8, 4) is 0 Å². The zero-order chi connectivity index (χ0) is 14.7. The van der Waals surface area contributed by atoms with Gasteiger partial charge in [-0.2, -0.15) is 0 Å². The van der Waals surface area contributed by atoms with Crippen LogP contribution in [0.3, 0.4) is 0 Å². The van der Waals surface area contributed by atoms with Gasteiger partial charge in [0.1, 0.15) is 11.6 Å². The van der Waals surface area contributed by atoms with Crippen LogP contribution >= 0.6 is 11.3 Å². The first kappa shape index (κ1) is 15.1. The summed E-state index contributed by atoms with van der Waals surface area (Å²) in [6.07, 6.45) is 0.0331. The lowest BCUT2D eigenvalue weighted by molar-refractivity contribution is 0.151. The summed E-state index contributed by atoms with van der Waals surface area (Å²) in [6.45, 7) is 2.15. The topological polar surface area (TPSA) is 46.2 Å². The number of aliphatic hydroxyl groups is 1. The summed E-state index contributed by atoms with van der Waals surface area (Å²) in [5.74, 6) is -1.85. The molecule has 2 aromatic rings. The third-order valence-electron chi connectivity index (χ3n) is 3.27. The van der Waals surface area contributed by atoms with Gasteiger partial charge in [-0.05, 0) is 36.2 Å². The molecule has 20 heavy (non-hydrogen) atoms. The minimum atomic E-state index is -0.855. The zero-order valence-electron chi connectivity index (χ0n) is 11.1. The maximum absolute atomic E-state index is 13.3. The third-order valence-corrected chi connectivity index (χ3v) is 4.57. The second-order valence-electron chi connectivity index (χ2n) is 4.65. The number of aliphatic hydroxyl groups excluding tert-OH is 1. The van der Waals surface area contributed by atoms with Gasteiger partial charge in [-0.3, -0.25) is 0 Å². The minimum absolute atomic E-state index is 0.115. The number of benzene rings is 1. The van der Waals surface area contributed by atoms with Gasteiger partial charge in [0.15, 0.2) is 0 Å². The van der Waals surface area contributed by atoms with Gasteiger partial charge in [-0.1, -0.05) is 6.92 Å². The van der Waals surface area contributed by atoms with Gasteiger partial charge in [-0.25, -0.2) is 8.78 Å². The Kier molecular flexibility index (Phi) is 4.86. The van der Waals surface area contributed by atoms with Gasteiger partial charge in [0, 0.05) is 28.3 Å². The summed E-state index contributed by atoms with van der Waals surface area (Å²) >= 11 is 1.49. The van der Waals surface area contributed by atoms with Gasteiger partial charge >= 0.3 is 0 Å². The molecule has 1 aromatic heterocycles. The molecule has 2 unspecified atom stereocenters. The summed E-state index contributed by atoms with van der Waals surface area (Å²) in [5, 5.41) is 10.4. The van der Waals surface area contributed by atoms with Crippen molar-refractivity contribution in [2.24, 2.45) is 5.73 Å². The maximum Gasteiger partial charge on any atom is 0.126 e. The average molecular weight is 297 g/mol. The van der Waals surface area contributed by atoms with E-state index in [1.165, 1.54) is 23.5 Å². The Balaban J connectivity index is 2.30. The molecule has 2 atom stereocenters. The molecule has 0 saturated heterocycles. The Morgan fingerprint density at radius 3 is 2.35 bits per heavy atom. The molecular formula is C15H17F2NOS. The molecule has 0 spiro atoms. The van der Waals surface area contributed by atoms with Gasteiger partial charge < -0.3 is 10.8 Å². The van der Waals surface area contributed by atoms with Gasteiger partial charge in [-0.15, -0.1) is 11.3 Å². The Morgan fingerprint density at radius 2 is 1.85 bits per heavy atom. The average Bonchev–Trinajstić information content (AvgIpc) is 2.87. The number of hydrogen-bond donors (Lipinski definition) is 2. The molecule has 0 fully saturated rings. The van der Waals surface area contributed by atoms with E-state index < -0.39 is 23.7 Å². The van der Waals surface area contributed by atoms with Crippen LogP contribution in [0.1, 0.15) is 34.3 Å². The Labute approximate surface area is 120 Å². The van der Waals surface area contributed by atoms with Crippen LogP contribution in [0.2, 0.25) is 0 Å². The fourth-order valence-corrected chi connectivity index (χ4v) is 3.18. The molecule has 2 rings (SSSR count). The molecule has 1 heterocycles. The summed E-state index contributed by atoms with van der Waals surface area (Å²) in [4.78, 5) is 1.92. The van der Waals surface area contributed by atoms with Crippen LogP contribution in [-0.4, -0.2) is 11.7 Å². The lowest BCUT2D eigenvalue weighted by Crippen LogP contribution is -2.20. The maximum atomic E-state index is 13.3. The van der Waals surface area contributed by atoms with E-state index in [9.17, 15) is 13.9 Å². The van der Waals surface area contributed by atoms with Crippen molar-refractivity contribution < 1.29 is 13.9 Å². The quantitative estimate of drug-likeness (QED) is 0.889. The lowest BCUT2D eigenvalue weighted by Gasteiger charge is -2.21. The van der Waals surface area contributed by atoms with Crippen LogP contribution in [0, 0.1) is 11.6 Å². The number of rotatable bonds is 5. The van der Waals surface area contributed by atoms with Crippen molar-refractivity contribution >= 4 is 11.3 Å². The highest BCUT2D eigenvalue weighted by Crippen LogP contribution is 2.34. The zero-order valence-corrected chi connectivity index (χ0v) is 12.0. The van der Waals surface area contributed by atoms with Crippen LogP contribution in [-0.2, 0) is 6.42 Å². The van der Waals surface area contributed by atoms with Crippen molar-refractivity contribution in [2.45, 2.75) is 25.4 Å². The van der Waals surface area contributed by atoms with Crippen LogP contribution in [0.15, 0.2) is 30.3 Å². The Morgan fingerprint density at radius 1 is 1.20 bits per heavy atom. The van der Waals surface area contributed by atoms with E-state index in [0.29, 0.717) is 5.56 Å². The van der Waals surface area contributed by atoms with Crippen LogP contribution in [0.5, 0.6) is 0 Å². The van der Waals surface area contributed by atoms with Crippen molar-refractivity contribution in [3.05, 3.63) is 57.3 Å². The molecule has 0 bridgehead atoms. The Bertz CT molecular complexity index is 565. The monoisotopic (exact) mass is 297 g/mol. The van der Waals surface area contributed by atoms with Crippen molar-refractivity contribution in [1.29, 1.82) is 0 Å². The molecule has 1 aromatic carbocycles. The van der Waals surface area contributed by atoms with Crippen molar-refractivity contribution in [1.82, 2.24) is 0 Å². The number of halogens is 2. The van der Waals surface area contributed by atoms with Crippen molar-refractivity contribution in [2.75, 3.05) is 6.54 Å². The molecule has 0 aliphatic heterocycles. The fraction of sp³-hybridized carbons (Fsp3) is 0.333. The van der Waals surface area contributed by atoms with Crippen molar-refractivity contribution in [3.63, 3.8) is 0 Å². The first-order valence-electron chi connectivity index (χ1n) is 6.47. The summed E-state index contributed by atoms with van der Waals surface area (Å²) < 4.78 is 26.6. The third kappa shape index (κ3) is 3.23. The summed E-state index contributed by atoms with van der Waals surface area (Å²) in [6, 6.07) is 7.04. The van der Waals surface area contributed by atoms with Crippen LogP contribution in [0.4, 0.5) is 8.78 Å². The van der Waals surface area contributed by atoms with E-state index in [1.54, 1.807) is 0 Å². The van der Waals surface area contributed by atoms with E-state index >= 15 is 0 Å². The van der Waals surface area contributed by atoms with Crippen LogP contribution in [0.25, 0.3) is 0 Å². The lowest BCUT2D eigenvalue weighted by atomic mass is 9.92. The van der Waals surface area contributed by atoms with E-state index in [0.717, 1.165) is 22.2 Å². The standard InChI is InChI=1S/C15H17F2NOS/c1-2-12-3-4-14(20-12)15(19)13(8-18)9-5-10(16)7-11(17)6-9/h3-7,13,15,19H,2,8,18H2,1H3. The molecule has 0 aliphatic rings. The Hall–Kier alpha value is -1.30. The number of nitrogens with two attached hydrogens (primary N) is 1. The fourth-order valence-electron chi connectivity index (χ4n) is 2.18. The summed E-state index contributed by atoms with van der Waals surface area (Å²) in [7, 11) is 0. The molecule has 3 N–H and O–H groups in total. The van der Waals surface area contributed by atoms with Crippen LogP contribution < -0.4 is 5.73 Å². The predicted molar refractivity (Wildman–Crippen MR) is 76.8 cm³/mol. The van der Waals surface area contributed by atoms with Gasteiger partial charge in [0.2, 0.25) is 0 Å². The van der Waals surface area contributed by atoms with E-state index in [1.807, 2.05) is 19.1 Å². The van der Waals surface area contributed by atoms with E-state index in [2.05, 4.69) is 0 Å². The number of aryl methyl sites for hydroxylation is 1. The number of hydrogen-bond acceptors (Lipinski definition) is 3. The first-order valence-corrected chi connectivity index (χ1v) is 7.29. The van der Waals surface area contributed by atoms with E-state index in [4.69, 9.17) is 5.73 Å². The summed E-state index contributed by atoms with van der Waals surface area (Å²) in [5.41, 5.74) is 6.06. The van der Waals surface area contributed by atoms with Gasteiger partial charge in [0.25, 0.3) is 0 Å². The molecule has 0 saturated carbocycles. The molecule has 0 aliphatic carbocycles. The second-order valence-corrected chi connectivity index (χ2v) is 5.85. The highest BCUT2D eigenvalue weighted by Gasteiger charge is 2.24. The smallest absolute Gasteiger partial charge is 0.126 e. The largest absolute Gasteiger partial charge is 0.387 e. The second kappa shape index (κ2) is 6.43. The highest BCUT2D eigenvalue weighted by molar-refractivity contribution is 7.12. The molecular weight excluding hydrogens is 280 g/mol. The minimum Gasteiger partial charge on any atom is -0.387 e. The number of thiophene rings is 1. The molecule has 0 amide bonds. The first-order chi connectivity index (χ1) is 9.55. The predicted octanol–water partition coefficient (Wildman–Crippen LogP) is 3.36.